The molecule has 5 heteroatoms. The third kappa shape index (κ3) is 3.62. The van der Waals surface area contributed by atoms with E-state index in [9.17, 15) is 9.59 Å². The fraction of sp³-hybridized carbons (Fsp3) is 0.333. The van der Waals surface area contributed by atoms with E-state index in [2.05, 4.69) is 0 Å². The van der Waals surface area contributed by atoms with Gasteiger partial charge in [0.1, 0.15) is 11.3 Å². The lowest BCUT2D eigenvalue weighted by Crippen LogP contribution is -2.25. The van der Waals surface area contributed by atoms with Crippen LogP contribution in [-0.4, -0.2) is 29.9 Å². The fourth-order valence-corrected chi connectivity index (χ4v) is 2.79. The topological polar surface area (TPSA) is 59.8 Å². The lowest BCUT2D eigenvalue weighted by Gasteiger charge is -2.16. The lowest BCUT2D eigenvalue weighted by atomic mass is 10.1. The molecule has 1 aromatic carbocycles. The molecule has 1 aromatic heterocycles. The number of nitrogens with zero attached hydrogens (tertiary/aromatic N) is 1. The maximum atomic E-state index is 12.1. The SMILES string of the molecule is Cc1occc1C(=O)OC[C@H]1CC(=O)N(Cc2ccccc2)C1. The summed E-state index contributed by atoms with van der Waals surface area (Å²) >= 11 is 0. The average molecular weight is 313 g/mol. The number of aryl methyl sites for hydroxylation is 1. The Hall–Kier alpha value is -2.56. The van der Waals surface area contributed by atoms with Gasteiger partial charge in [-0.05, 0) is 18.6 Å². The average Bonchev–Trinajstić information content (AvgIpc) is 3.12. The van der Waals surface area contributed by atoms with Crippen LogP contribution in [0.2, 0.25) is 0 Å². The molecular formula is C18H19NO4. The molecule has 1 saturated heterocycles. The summed E-state index contributed by atoms with van der Waals surface area (Å²) in [4.78, 5) is 25.9. The Balaban J connectivity index is 1.52. The Morgan fingerprint density at radius 2 is 2.09 bits per heavy atom. The molecule has 2 aromatic rings. The van der Waals surface area contributed by atoms with Crippen molar-refractivity contribution in [3.63, 3.8) is 0 Å². The van der Waals surface area contributed by atoms with Gasteiger partial charge in [-0.3, -0.25) is 4.79 Å². The predicted octanol–water partition coefficient (Wildman–Crippen LogP) is 2.79. The first-order valence-corrected chi connectivity index (χ1v) is 7.66. The number of rotatable bonds is 5. The molecule has 0 radical (unpaired) electrons. The molecule has 0 unspecified atom stereocenters. The zero-order chi connectivity index (χ0) is 16.2. The van der Waals surface area contributed by atoms with Crippen LogP contribution < -0.4 is 0 Å². The summed E-state index contributed by atoms with van der Waals surface area (Å²) in [6.07, 6.45) is 1.89. The van der Waals surface area contributed by atoms with E-state index < -0.39 is 5.97 Å². The molecule has 1 amide bonds. The number of hydrogen-bond donors (Lipinski definition) is 0. The van der Waals surface area contributed by atoms with Crippen LogP contribution in [0.15, 0.2) is 47.1 Å². The molecule has 0 N–H and O–H groups in total. The minimum absolute atomic E-state index is 0.0439. The molecule has 5 nitrogen and oxygen atoms in total. The molecule has 0 saturated carbocycles. The maximum Gasteiger partial charge on any atom is 0.341 e. The number of carbonyl (C=O) groups excluding carboxylic acids is 2. The van der Waals surface area contributed by atoms with E-state index in [0.717, 1.165) is 5.56 Å². The second-order valence-corrected chi connectivity index (χ2v) is 5.82. The van der Waals surface area contributed by atoms with E-state index in [-0.39, 0.29) is 18.4 Å². The van der Waals surface area contributed by atoms with Crippen LogP contribution in [0.25, 0.3) is 0 Å². The van der Waals surface area contributed by atoms with Gasteiger partial charge in [-0.1, -0.05) is 30.3 Å². The molecule has 120 valence electrons. The molecule has 0 bridgehead atoms. The summed E-state index contributed by atoms with van der Waals surface area (Å²) in [6.45, 7) is 3.19. The normalized spacial score (nSPS) is 17.5. The van der Waals surface area contributed by atoms with E-state index >= 15 is 0 Å². The quantitative estimate of drug-likeness (QED) is 0.796. The van der Waals surface area contributed by atoms with Crippen molar-refractivity contribution in [1.82, 2.24) is 4.90 Å². The first kappa shape index (κ1) is 15.3. The first-order chi connectivity index (χ1) is 11.1. The van der Waals surface area contributed by atoms with Crippen molar-refractivity contribution in [3.05, 3.63) is 59.5 Å². The number of carbonyl (C=O) groups is 2. The monoisotopic (exact) mass is 313 g/mol. The zero-order valence-electron chi connectivity index (χ0n) is 13.0. The number of hydrogen-bond acceptors (Lipinski definition) is 4. The number of esters is 1. The summed E-state index contributed by atoms with van der Waals surface area (Å²) in [5.74, 6) is 0.296. The van der Waals surface area contributed by atoms with Gasteiger partial charge in [-0.15, -0.1) is 0 Å². The minimum Gasteiger partial charge on any atom is -0.469 e. The Morgan fingerprint density at radius 3 is 2.78 bits per heavy atom. The largest absolute Gasteiger partial charge is 0.469 e. The number of amides is 1. The van der Waals surface area contributed by atoms with Gasteiger partial charge in [0, 0.05) is 25.4 Å². The van der Waals surface area contributed by atoms with Crippen molar-refractivity contribution >= 4 is 11.9 Å². The molecule has 0 spiro atoms. The van der Waals surface area contributed by atoms with Crippen LogP contribution in [0.4, 0.5) is 0 Å². The maximum absolute atomic E-state index is 12.1. The van der Waals surface area contributed by atoms with Crippen LogP contribution in [0.1, 0.15) is 28.1 Å². The second kappa shape index (κ2) is 6.69. The molecular weight excluding hydrogens is 294 g/mol. The third-order valence-electron chi connectivity index (χ3n) is 4.04. The highest BCUT2D eigenvalue weighted by atomic mass is 16.5. The van der Waals surface area contributed by atoms with Crippen LogP contribution in [0.3, 0.4) is 0 Å². The highest BCUT2D eigenvalue weighted by Crippen LogP contribution is 2.21. The van der Waals surface area contributed by atoms with Crippen molar-refractivity contribution in [2.45, 2.75) is 19.9 Å². The number of likely N-dealkylation sites (tertiary alicyclic amines) is 1. The fourth-order valence-electron chi connectivity index (χ4n) is 2.79. The molecule has 23 heavy (non-hydrogen) atoms. The van der Waals surface area contributed by atoms with Crippen molar-refractivity contribution in [1.29, 1.82) is 0 Å². The number of ether oxygens (including phenoxy) is 1. The van der Waals surface area contributed by atoms with Crippen LogP contribution in [0, 0.1) is 12.8 Å². The molecule has 1 aliphatic heterocycles. The smallest absolute Gasteiger partial charge is 0.341 e. The standard InChI is InChI=1S/C18H19NO4/c1-13-16(7-8-22-13)18(21)23-12-15-9-17(20)19(11-15)10-14-5-3-2-4-6-14/h2-8,15H,9-12H2,1H3/t15-/m0/s1. The van der Waals surface area contributed by atoms with E-state index in [1.807, 2.05) is 35.2 Å². The van der Waals surface area contributed by atoms with E-state index in [1.54, 1.807) is 13.0 Å². The van der Waals surface area contributed by atoms with Gasteiger partial charge in [0.25, 0.3) is 0 Å². The zero-order valence-corrected chi connectivity index (χ0v) is 13.0. The van der Waals surface area contributed by atoms with Crippen molar-refractivity contribution in [2.24, 2.45) is 5.92 Å². The van der Waals surface area contributed by atoms with E-state index in [1.165, 1.54) is 6.26 Å². The Bertz CT molecular complexity index is 692. The van der Waals surface area contributed by atoms with Gasteiger partial charge in [0.2, 0.25) is 5.91 Å². The Kier molecular flexibility index (Phi) is 4.46. The van der Waals surface area contributed by atoms with Gasteiger partial charge < -0.3 is 14.1 Å². The van der Waals surface area contributed by atoms with Gasteiger partial charge in [0.15, 0.2) is 0 Å². The summed E-state index contributed by atoms with van der Waals surface area (Å²) in [5, 5.41) is 0. The summed E-state index contributed by atoms with van der Waals surface area (Å²) < 4.78 is 10.4. The molecule has 3 rings (SSSR count). The highest BCUT2D eigenvalue weighted by molar-refractivity contribution is 5.90. The predicted molar refractivity (Wildman–Crippen MR) is 83.7 cm³/mol. The van der Waals surface area contributed by atoms with Gasteiger partial charge in [0.05, 0.1) is 12.9 Å². The summed E-state index contributed by atoms with van der Waals surface area (Å²) in [7, 11) is 0. The highest BCUT2D eigenvalue weighted by Gasteiger charge is 2.30. The van der Waals surface area contributed by atoms with Gasteiger partial charge in [-0.2, -0.15) is 0 Å². The van der Waals surface area contributed by atoms with Crippen molar-refractivity contribution < 1.29 is 18.7 Å². The Morgan fingerprint density at radius 1 is 1.30 bits per heavy atom. The van der Waals surface area contributed by atoms with Crippen LogP contribution in [0.5, 0.6) is 0 Å². The van der Waals surface area contributed by atoms with E-state index in [4.69, 9.17) is 9.15 Å². The van der Waals surface area contributed by atoms with Crippen molar-refractivity contribution in [2.75, 3.05) is 13.2 Å². The Labute approximate surface area is 134 Å². The van der Waals surface area contributed by atoms with Gasteiger partial charge >= 0.3 is 5.97 Å². The van der Waals surface area contributed by atoms with Crippen molar-refractivity contribution in [3.8, 4) is 0 Å². The van der Waals surface area contributed by atoms with Crippen LogP contribution >= 0.6 is 0 Å². The molecule has 1 fully saturated rings. The molecule has 1 aliphatic rings. The van der Waals surface area contributed by atoms with Crippen LogP contribution in [-0.2, 0) is 16.1 Å². The summed E-state index contributed by atoms with van der Waals surface area (Å²) in [5.41, 5.74) is 1.54. The molecule has 0 aliphatic carbocycles. The number of benzene rings is 1. The first-order valence-electron chi connectivity index (χ1n) is 7.66. The third-order valence-corrected chi connectivity index (χ3v) is 4.04. The van der Waals surface area contributed by atoms with E-state index in [0.29, 0.717) is 30.8 Å². The minimum atomic E-state index is -0.398. The number of furan rings is 1. The second-order valence-electron chi connectivity index (χ2n) is 5.82. The summed E-state index contributed by atoms with van der Waals surface area (Å²) in [6, 6.07) is 11.5. The molecule has 1 atom stereocenters. The van der Waals surface area contributed by atoms with Gasteiger partial charge in [-0.25, -0.2) is 4.79 Å². The lowest BCUT2D eigenvalue weighted by molar-refractivity contribution is -0.128. The molecule has 2 heterocycles.